The second kappa shape index (κ2) is 5.49. The van der Waals surface area contributed by atoms with Crippen LogP contribution in [0.15, 0.2) is 24.3 Å². The second-order valence-corrected chi connectivity index (χ2v) is 4.25. The average molecular weight is 245 g/mol. The van der Waals surface area contributed by atoms with Gasteiger partial charge in [0.2, 0.25) is 0 Å². The van der Waals surface area contributed by atoms with Crippen LogP contribution in [0, 0.1) is 0 Å². The van der Waals surface area contributed by atoms with E-state index in [1.165, 1.54) is 5.56 Å². The van der Waals surface area contributed by atoms with Crippen molar-refractivity contribution in [2.45, 2.75) is 19.3 Å². The van der Waals surface area contributed by atoms with Crippen LogP contribution >= 0.6 is 0 Å². The number of amides is 1. The van der Waals surface area contributed by atoms with Gasteiger partial charge in [0.05, 0.1) is 6.42 Å². The summed E-state index contributed by atoms with van der Waals surface area (Å²) in [6.07, 6.45) is 6.07. The Morgan fingerprint density at radius 2 is 2.17 bits per heavy atom. The molecule has 94 valence electrons. The van der Waals surface area contributed by atoms with Gasteiger partial charge in [-0.1, -0.05) is 18.2 Å². The molecular weight excluding hydrogens is 230 g/mol. The number of carboxylic acid groups (broad SMARTS) is 1. The van der Waals surface area contributed by atoms with Gasteiger partial charge in [-0.2, -0.15) is 0 Å². The number of carbonyl (C=O) groups excluding carboxylic acids is 1. The van der Waals surface area contributed by atoms with Crippen LogP contribution in [0.5, 0.6) is 0 Å². The van der Waals surface area contributed by atoms with Crippen molar-refractivity contribution in [3.8, 4) is 0 Å². The van der Waals surface area contributed by atoms with Gasteiger partial charge in [-0.25, -0.2) is 0 Å². The second-order valence-electron chi connectivity index (χ2n) is 4.25. The lowest BCUT2D eigenvalue weighted by Crippen LogP contribution is -2.26. The largest absolute Gasteiger partial charge is 0.481 e. The fraction of sp³-hybridized carbons (Fsp3) is 0.286. The van der Waals surface area contributed by atoms with Crippen molar-refractivity contribution in [1.82, 2.24) is 5.32 Å². The van der Waals surface area contributed by atoms with E-state index in [9.17, 15) is 9.59 Å². The third-order valence-electron chi connectivity index (χ3n) is 2.91. The first-order chi connectivity index (χ1) is 8.66. The van der Waals surface area contributed by atoms with Gasteiger partial charge in [0.15, 0.2) is 0 Å². The van der Waals surface area contributed by atoms with Crippen molar-refractivity contribution >= 4 is 18.0 Å². The molecule has 0 aliphatic heterocycles. The molecule has 1 aliphatic rings. The zero-order chi connectivity index (χ0) is 13.0. The Morgan fingerprint density at radius 3 is 2.94 bits per heavy atom. The molecule has 2 N–H and O–H groups in total. The summed E-state index contributed by atoms with van der Waals surface area (Å²) in [5, 5.41) is 11.1. The summed E-state index contributed by atoms with van der Waals surface area (Å²) in [5.74, 6) is -1.13. The molecule has 0 aromatic heterocycles. The fourth-order valence-corrected chi connectivity index (χ4v) is 1.96. The molecule has 1 aromatic carbocycles. The molecule has 4 nitrogen and oxygen atoms in total. The van der Waals surface area contributed by atoms with Crippen LogP contribution in [0.2, 0.25) is 0 Å². The molecule has 0 spiro atoms. The van der Waals surface area contributed by atoms with Crippen LogP contribution in [-0.4, -0.2) is 23.5 Å². The first-order valence-electron chi connectivity index (χ1n) is 5.96. The van der Waals surface area contributed by atoms with E-state index in [2.05, 4.69) is 17.5 Å². The van der Waals surface area contributed by atoms with Gasteiger partial charge in [-0.15, -0.1) is 0 Å². The molecule has 0 heterocycles. The van der Waals surface area contributed by atoms with Gasteiger partial charge in [0.1, 0.15) is 0 Å². The maximum absolute atomic E-state index is 11.8. The summed E-state index contributed by atoms with van der Waals surface area (Å²) in [6, 6.07) is 5.58. The van der Waals surface area contributed by atoms with E-state index < -0.39 is 5.97 Å². The number of hydrogen-bond acceptors (Lipinski definition) is 2. The highest BCUT2D eigenvalue weighted by Crippen LogP contribution is 2.20. The van der Waals surface area contributed by atoms with Gasteiger partial charge >= 0.3 is 5.97 Å². The van der Waals surface area contributed by atoms with E-state index in [1.54, 1.807) is 6.07 Å². The van der Waals surface area contributed by atoms with Crippen LogP contribution < -0.4 is 5.32 Å². The zero-order valence-corrected chi connectivity index (χ0v) is 9.98. The Hall–Kier alpha value is -2.10. The summed E-state index contributed by atoms with van der Waals surface area (Å²) in [6.45, 7) is 0.158. The number of nitrogens with one attached hydrogen (secondary N) is 1. The van der Waals surface area contributed by atoms with E-state index in [0.717, 1.165) is 18.4 Å². The molecule has 0 radical (unpaired) electrons. The smallest absolute Gasteiger partial charge is 0.305 e. The summed E-state index contributed by atoms with van der Waals surface area (Å²) < 4.78 is 0. The van der Waals surface area contributed by atoms with Gasteiger partial charge in [0.25, 0.3) is 5.91 Å². The lowest BCUT2D eigenvalue weighted by atomic mass is 9.95. The monoisotopic (exact) mass is 245 g/mol. The molecular formula is C14H15NO3. The number of allylic oxidation sites excluding steroid dienone is 1. The summed E-state index contributed by atoms with van der Waals surface area (Å²) >= 11 is 0. The van der Waals surface area contributed by atoms with E-state index in [0.29, 0.717) is 5.56 Å². The first-order valence-corrected chi connectivity index (χ1v) is 5.96. The molecule has 0 saturated carbocycles. The van der Waals surface area contributed by atoms with Crippen molar-refractivity contribution in [3.63, 3.8) is 0 Å². The van der Waals surface area contributed by atoms with Crippen molar-refractivity contribution in [2.75, 3.05) is 6.54 Å². The maximum atomic E-state index is 11.8. The predicted molar refractivity (Wildman–Crippen MR) is 68.4 cm³/mol. The van der Waals surface area contributed by atoms with Crippen molar-refractivity contribution in [2.24, 2.45) is 0 Å². The Morgan fingerprint density at radius 1 is 1.33 bits per heavy atom. The van der Waals surface area contributed by atoms with Gasteiger partial charge < -0.3 is 10.4 Å². The molecule has 0 bridgehead atoms. The molecule has 18 heavy (non-hydrogen) atoms. The third kappa shape index (κ3) is 2.97. The topological polar surface area (TPSA) is 66.4 Å². The summed E-state index contributed by atoms with van der Waals surface area (Å²) in [5.41, 5.74) is 2.92. The fourth-order valence-electron chi connectivity index (χ4n) is 1.96. The van der Waals surface area contributed by atoms with Crippen molar-refractivity contribution in [3.05, 3.63) is 41.0 Å². The number of carboxylic acids is 1. The SMILES string of the molecule is O=C(O)CCNC(=O)c1ccc2c(c1)CCC=C2. The average Bonchev–Trinajstić information content (AvgIpc) is 2.37. The van der Waals surface area contributed by atoms with Crippen LogP contribution in [0.3, 0.4) is 0 Å². The Bertz CT molecular complexity index is 506. The normalized spacial score (nSPS) is 12.9. The molecule has 1 aromatic rings. The van der Waals surface area contributed by atoms with E-state index in [4.69, 9.17) is 5.11 Å². The Labute approximate surface area is 105 Å². The number of hydrogen-bond donors (Lipinski definition) is 2. The minimum atomic E-state index is -0.911. The minimum absolute atomic E-state index is 0.0561. The Kier molecular flexibility index (Phi) is 3.77. The molecule has 1 aliphatic carbocycles. The highest BCUT2D eigenvalue weighted by molar-refractivity contribution is 5.94. The molecule has 0 fully saturated rings. The summed E-state index contributed by atoms with van der Waals surface area (Å²) in [7, 11) is 0. The quantitative estimate of drug-likeness (QED) is 0.850. The van der Waals surface area contributed by atoms with Crippen LogP contribution in [0.1, 0.15) is 34.3 Å². The number of rotatable bonds is 4. The standard InChI is InChI=1S/C14H15NO3/c16-13(17)7-8-15-14(18)12-6-5-10-3-1-2-4-11(10)9-12/h1,3,5-6,9H,2,4,7-8H2,(H,15,18)(H,16,17). The van der Waals surface area contributed by atoms with E-state index >= 15 is 0 Å². The van der Waals surface area contributed by atoms with E-state index in [-0.39, 0.29) is 18.9 Å². The highest BCUT2D eigenvalue weighted by atomic mass is 16.4. The van der Waals surface area contributed by atoms with Crippen LogP contribution in [-0.2, 0) is 11.2 Å². The van der Waals surface area contributed by atoms with Gasteiger partial charge in [0, 0.05) is 12.1 Å². The van der Waals surface area contributed by atoms with Gasteiger partial charge in [-0.3, -0.25) is 9.59 Å². The van der Waals surface area contributed by atoms with E-state index in [1.807, 2.05) is 12.1 Å². The zero-order valence-electron chi connectivity index (χ0n) is 9.98. The number of aliphatic carboxylic acids is 1. The minimum Gasteiger partial charge on any atom is -0.481 e. The lowest BCUT2D eigenvalue weighted by Gasteiger charge is -2.12. The molecule has 2 rings (SSSR count). The Balaban J connectivity index is 2.02. The highest BCUT2D eigenvalue weighted by Gasteiger charge is 2.10. The molecule has 4 heteroatoms. The first kappa shape index (κ1) is 12.4. The van der Waals surface area contributed by atoms with Crippen LogP contribution in [0.4, 0.5) is 0 Å². The molecule has 0 saturated heterocycles. The molecule has 0 unspecified atom stereocenters. The molecule has 0 atom stereocenters. The number of aryl methyl sites for hydroxylation is 1. The lowest BCUT2D eigenvalue weighted by molar-refractivity contribution is -0.136. The number of carbonyl (C=O) groups is 2. The summed E-state index contributed by atoms with van der Waals surface area (Å²) in [4.78, 5) is 22.1. The van der Waals surface area contributed by atoms with Crippen LogP contribution in [0.25, 0.3) is 6.08 Å². The number of benzene rings is 1. The maximum Gasteiger partial charge on any atom is 0.305 e. The van der Waals surface area contributed by atoms with Crippen molar-refractivity contribution < 1.29 is 14.7 Å². The molecule has 1 amide bonds. The number of fused-ring (bicyclic) bond motifs is 1. The van der Waals surface area contributed by atoms with Gasteiger partial charge in [-0.05, 0) is 36.1 Å². The third-order valence-corrected chi connectivity index (χ3v) is 2.91. The van der Waals surface area contributed by atoms with Crippen molar-refractivity contribution in [1.29, 1.82) is 0 Å². The predicted octanol–water partition coefficient (Wildman–Crippen LogP) is 1.85.